The van der Waals surface area contributed by atoms with E-state index in [1.165, 1.54) is 0 Å². The lowest BCUT2D eigenvalue weighted by atomic mass is 10.6. The van der Waals surface area contributed by atoms with E-state index in [1.54, 1.807) is 0 Å². The van der Waals surface area contributed by atoms with Gasteiger partial charge in [0.1, 0.15) is 4.90 Å². The number of aryl methyl sites for hydroxylation is 1. The summed E-state index contributed by atoms with van der Waals surface area (Å²) >= 11 is 0. The Bertz CT molecular complexity index is 684. The molecule has 16 heavy (non-hydrogen) atoms. The summed E-state index contributed by atoms with van der Waals surface area (Å²) in [5.74, 6) is 0. The van der Waals surface area contributed by atoms with Gasteiger partial charge in [-0.25, -0.2) is 4.68 Å². The molecule has 0 atom stereocenters. The topological polar surface area (TPSA) is 144 Å². The van der Waals surface area contributed by atoms with Crippen molar-refractivity contribution in [2.75, 3.05) is 0 Å². The minimum atomic E-state index is -5.08. The van der Waals surface area contributed by atoms with Crippen LogP contribution in [0, 0.1) is 0 Å². The van der Waals surface area contributed by atoms with E-state index in [4.69, 9.17) is 9.11 Å². The molecule has 0 aromatic carbocycles. The Morgan fingerprint density at radius 1 is 1.19 bits per heavy atom. The zero-order valence-electron chi connectivity index (χ0n) is 7.72. The Morgan fingerprint density at radius 2 is 1.69 bits per heavy atom. The van der Waals surface area contributed by atoms with Crippen LogP contribution in [0.2, 0.25) is 0 Å². The van der Waals surface area contributed by atoms with Crippen molar-refractivity contribution < 1.29 is 25.9 Å². The molecule has 0 radical (unpaired) electrons. The van der Waals surface area contributed by atoms with Gasteiger partial charge in [-0.05, 0) is 0 Å². The van der Waals surface area contributed by atoms with Crippen molar-refractivity contribution in [1.29, 1.82) is 0 Å². The predicted molar refractivity (Wildman–Crippen MR) is 49.1 cm³/mol. The molecule has 1 aromatic heterocycles. The summed E-state index contributed by atoms with van der Waals surface area (Å²) in [5.41, 5.74) is -1.36. The second-order valence-electron chi connectivity index (χ2n) is 2.72. The summed E-state index contributed by atoms with van der Waals surface area (Å²) in [6.07, 6.45) is 0.444. The highest BCUT2D eigenvalue weighted by Crippen LogP contribution is 2.14. The van der Waals surface area contributed by atoms with E-state index in [-0.39, 0.29) is 0 Å². The Balaban J connectivity index is 3.96. The van der Waals surface area contributed by atoms with Crippen LogP contribution in [0.5, 0.6) is 0 Å². The van der Waals surface area contributed by atoms with Crippen molar-refractivity contribution in [3.05, 3.63) is 16.6 Å². The largest absolute Gasteiger partial charge is 0.301 e. The first-order chi connectivity index (χ1) is 7.05. The van der Waals surface area contributed by atoms with Gasteiger partial charge in [0.2, 0.25) is 0 Å². The molecule has 0 unspecified atom stereocenters. The maximum absolute atomic E-state index is 11.3. The summed E-state index contributed by atoms with van der Waals surface area (Å²) < 4.78 is 61.0. The van der Waals surface area contributed by atoms with Gasteiger partial charge in [0.15, 0.2) is 4.90 Å². The molecule has 1 heterocycles. The molecule has 0 aliphatic heterocycles. The summed E-state index contributed by atoms with van der Waals surface area (Å²) in [6, 6.07) is 0. The van der Waals surface area contributed by atoms with E-state index in [0.717, 1.165) is 7.05 Å². The van der Waals surface area contributed by atoms with Gasteiger partial charge in [0.25, 0.3) is 15.7 Å². The van der Waals surface area contributed by atoms with Gasteiger partial charge in [0, 0.05) is 7.05 Å². The van der Waals surface area contributed by atoms with E-state index < -0.39 is 35.6 Å². The van der Waals surface area contributed by atoms with Crippen molar-refractivity contribution in [3.63, 3.8) is 0 Å². The molecule has 0 saturated heterocycles. The molecule has 0 fully saturated rings. The lowest BCUT2D eigenvalue weighted by Gasteiger charge is -2.04. The van der Waals surface area contributed by atoms with Crippen LogP contribution < -0.4 is 5.56 Å². The minimum Gasteiger partial charge on any atom is -0.282 e. The van der Waals surface area contributed by atoms with Crippen LogP contribution in [-0.2, 0) is 27.3 Å². The van der Waals surface area contributed by atoms with Crippen molar-refractivity contribution in [3.8, 4) is 0 Å². The number of nitrogens with zero attached hydrogens (tertiary/aromatic N) is 2. The second-order valence-corrected chi connectivity index (χ2v) is 5.47. The fraction of sp³-hybridized carbons (Fsp3) is 0.200. The van der Waals surface area contributed by atoms with Crippen molar-refractivity contribution in [1.82, 2.24) is 9.78 Å². The van der Waals surface area contributed by atoms with E-state index in [1.807, 2.05) is 0 Å². The zero-order chi connectivity index (χ0) is 12.7. The van der Waals surface area contributed by atoms with E-state index in [9.17, 15) is 21.6 Å². The van der Waals surface area contributed by atoms with Gasteiger partial charge in [-0.2, -0.15) is 21.9 Å². The summed E-state index contributed by atoms with van der Waals surface area (Å²) in [7, 11) is -9.01. The lowest BCUT2D eigenvalue weighted by Crippen LogP contribution is -2.28. The van der Waals surface area contributed by atoms with Crippen LogP contribution in [0.25, 0.3) is 0 Å². The molecule has 0 amide bonds. The van der Waals surface area contributed by atoms with Gasteiger partial charge in [-0.1, -0.05) is 0 Å². The Kier molecular flexibility index (Phi) is 2.89. The molecule has 90 valence electrons. The standard InChI is InChI=1S/C5H6N2O7S2/c1-7-5(8)4(16(12,13)14)3(2-6-7)15(9,10)11/h2H,1H3,(H,9,10,11)(H,12,13,14). The van der Waals surface area contributed by atoms with E-state index >= 15 is 0 Å². The fourth-order valence-electron chi connectivity index (χ4n) is 0.924. The average Bonchev–Trinajstić information content (AvgIpc) is 2.05. The van der Waals surface area contributed by atoms with Crippen LogP contribution >= 0.6 is 0 Å². The van der Waals surface area contributed by atoms with Gasteiger partial charge in [-0.3, -0.25) is 13.9 Å². The molecule has 0 saturated carbocycles. The molecule has 11 heteroatoms. The van der Waals surface area contributed by atoms with Gasteiger partial charge < -0.3 is 0 Å². The highest BCUT2D eigenvalue weighted by molar-refractivity contribution is 7.89. The molecule has 9 nitrogen and oxygen atoms in total. The molecular formula is C5H6N2O7S2. The third-order valence-electron chi connectivity index (χ3n) is 1.60. The molecule has 1 rings (SSSR count). The van der Waals surface area contributed by atoms with Crippen LogP contribution in [0.15, 0.2) is 20.8 Å². The van der Waals surface area contributed by atoms with Crippen LogP contribution in [0.4, 0.5) is 0 Å². The third-order valence-corrected chi connectivity index (χ3v) is 3.50. The molecule has 1 aromatic rings. The van der Waals surface area contributed by atoms with Gasteiger partial charge >= 0.3 is 10.1 Å². The SMILES string of the molecule is Cn1ncc(S(=O)(=O)O)c(S(=O)(=O)O)c1=O. The summed E-state index contributed by atoms with van der Waals surface area (Å²) in [6.45, 7) is 0. The normalized spacial score (nSPS) is 12.7. The van der Waals surface area contributed by atoms with E-state index in [0.29, 0.717) is 10.9 Å². The molecule has 0 bridgehead atoms. The predicted octanol–water partition coefficient (Wildman–Crippen LogP) is -1.73. The molecular weight excluding hydrogens is 264 g/mol. The Hall–Kier alpha value is -1.30. The number of aromatic nitrogens is 2. The van der Waals surface area contributed by atoms with E-state index in [2.05, 4.69) is 5.10 Å². The summed E-state index contributed by atoms with van der Waals surface area (Å²) in [4.78, 5) is 8.57. The Labute approximate surface area is 89.8 Å². The van der Waals surface area contributed by atoms with Crippen molar-refractivity contribution in [2.45, 2.75) is 9.79 Å². The zero-order valence-corrected chi connectivity index (χ0v) is 9.36. The smallest absolute Gasteiger partial charge is 0.282 e. The first kappa shape index (κ1) is 12.8. The number of rotatable bonds is 2. The minimum absolute atomic E-state index is 0.444. The molecule has 0 spiro atoms. The van der Waals surface area contributed by atoms with Crippen LogP contribution in [0.3, 0.4) is 0 Å². The highest BCUT2D eigenvalue weighted by Gasteiger charge is 2.28. The highest BCUT2D eigenvalue weighted by atomic mass is 32.2. The van der Waals surface area contributed by atoms with Crippen LogP contribution in [-0.4, -0.2) is 35.7 Å². The average molecular weight is 270 g/mol. The maximum atomic E-state index is 11.3. The quantitative estimate of drug-likeness (QED) is 0.603. The second kappa shape index (κ2) is 3.62. The number of hydrogen-bond acceptors (Lipinski definition) is 6. The van der Waals surface area contributed by atoms with Crippen molar-refractivity contribution in [2.24, 2.45) is 7.05 Å². The monoisotopic (exact) mass is 270 g/mol. The maximum Gasteiger partial charge on any atom is 0.301 e. The third kappa shape index (κ3) is 2.27. The first-order valence-electron chi connectivity index (χ1n) is 3.56. The first-order valence-corrected chi connectivity index (χ1v) is 6.44. The summed E-state index contributed by atoms with van der Waals surface area (Å²) in [5, 5.41) is 3.21. The fourth-order valence-corrected chi connectivity index (χ4v) is 2.72. The lowest BCUT2D eigenvalue weighted by molar-refractivity contribution is 0.459. The van der Waals surface area contributed by atoms with Gasteiger partial charge in [-0.15, -0.1) is 0 Å². The molecule has 0 aliphatic rings. The molecule has 2 N–H and O–H groups in total. The van der Waals surface area contributed by atoms with Crippen LogP contribution in [0.1, 0.15) is 0 Å². The van der Waals surface area contributed by atoms with Gasteiger partial charge in [0.05, 0.1) is 6.20 Å². The van der Waals surface area contributed by atoms with Crippen molar-refractivity contribution >= 4 is 20.2 Å². The Morgan fingerprint density at radius 3 is 2.06 bits per heavy atom. The number of hydrogen-bond donors (Lipinski definition) is 2. The molecule has 0 aliphatic carbocycles.